The van der Waals surface area contributed by atoms with E-state index in [0.717, 1.165) is 5.56 Å². The highest BCUT2D eigenvalue weighted by Crippen LogP contribution is 2.28. The van der Waals surface area contributed by atoms with Gasteiger partial charge in [-0.1, -0.05) is 45.0 Å². The van der Waals surface area contributed by atoms with Gasteiger partial charge in [-0.3, -0.25) is 0 Å². The zero-order chi connectivity index (χ0) is 13.3. The van der Waals surface area contributed by atoms with Crippen LogP contribution in [0.2, 0.25) is 0 Å². The molecule has 1 aromatic rings. The monoisotopic (exact) mass is 243 g/mol. The van der Waals surface area contributed by atoms with Crippen molar-refractivity contribution in [1.29, 1.82) is 0 Å². The molecule has 1 aromatic carbocycles. The molecule has 0 N–H and O–H groups in total. The first-order valence-corrected chi connectivity index (χ1v) is 5.96. The van der Waals surface area contributed by atoms with Crippen LogP contribution >= 0.6 is 0 Å². The van der Waals surface area contributed by atoms with E-state index in [1.54, 1.807) is 13.0 Å². The molecule has 94 valence electrons. The van der Waals surface area contributed by atoms with E-state index in [-0.39, 0.29) is 11.4 Å². The van der Waals surface area contributed by atoms with Crippen LogP contribution in [0.25, 0.3) is 6.08 Å². The highest BCUT2D eigenvalue weighted by molar-refractivity contribution is 6.06. The second kappa shape index (κ2) is 4.41. The molecule has 0 amide bonds. The van der Waals surface area contributed by atoms with Crippen molar-refractivity contribution in [2.75, 3.05) is 0 Å². The summed E-state index contributed by atoms with van der Waals surface area (Å²) in [5.41, 5.74) is 2.58. The first kappa shape index (κ1) is 12.6. The maximum Gasteiger partial charge on any atom is 0.363 e. The average Bonchev–Trinajstić information content (AvgIpc) is 2.57. The van der Waals surface area contributed by atoms with Gasteiger partial charge in [0.2, 0.25) is 0 Å². The zero-order valence-electron chi connectivity index (χ0n) is 11.2. The molecule has 1 heterocycles. The van der Waals surface area contributed by atoms with Crippen LogP contribution in [-0.2, 0) is 14.9 Å². The largest absolute Gasteiger partial charge is 0.407 e. The minimum atomic E-state index is -0.379. The smallest absolute Gasteiger partial charge is 0.363 e. The normalized spacial score (nSPS) is 17.9. The number of benzene rings is 1. The van der Waals surface area contributed by atoms with Gasteiger partial charge in [-0.05, 0) is 22.6 Å². The lowest BCUT2D eigenvalue weighted by Crippen LogP contribution is -2.13. The first-order valence-electron chi connectivity index (χ1n) is 5.96. The molecule has 0 radical (unpaired) electrons. The van der Waals surface area contributed by atoms with Gasteiger partial charge in [0.1, 0.15) is 0 Å². The molecule has 3 nitrogen and oxygen atoms in total. The number of rotatable bonds is 1. The Morgan fingerprint density at radius 1 is 1.22 bits per heavy atom. The highest BCUT2D eigenvalue weighted by Gasteiger charge is 2.22. The van der Waals surface area contributed by atoms with Crippen molar-refractivity contribution < 1.29 is 9.53 Å². The Morgan fingerprint density at radius 3 is 2.44 bits per heavy atom. The fourth-order valence-electron chi connectivity index (χ4n) is 1.97. The number of ether oxygens (including phenoxy) is 1. The van der Waals surface area contributed by atoms with Gasteiger partial charge in [-0.2, -0.15) is 0 Å². The minimum Gasteiger partial charge on any atom is -0.407 e. The van der Waals surface area contributed by atoms with E-state index in [4.69, 9.17) is 4.74 Å². The van der Waals surface area contributed by atoms with Crippen LogP contribution in [0.3, 0.4) is 0 Å². The fourth-order valence-corrected chi connectivity index (χ4v) is 1.97. The van der Waals surface area contributed by atoms with Gasteiger partial charge in [0.05, 0.1) is 0 Å². The molecule has 0 saturated carbocycles. The molecule has 0 atom stereocenters. The van der Waals surface area contributed by atoms with Crippen LogP contribution in [0.5, 0.6) is 0 Å². The van der Waals surface area contributed by atoms with E-state index in [0.29, 0.717) is 11.6 Å². The third-order valence-corrected chi connectivity index (χ3v) is 2.79. The molecule has 3 heteroatoms. The number of carbonyl (C=O) groups is 1. The number of hydrogen-bond acceptors (Lipinski definition) is 3. The van der Waals surface area contributed by atoms with E-state index in [2.05, 4.69) is 31.8 Å². The summed E-state index contributed by atoms with van der Waals surface area (Å²) >= 11 is 0. The maximum absolute atomic E-state index is 11.5. The number of nitrogens with zero attached hydrogens (tertiary/aromatic N) is 1. The Kier molecular flexibility index (Phi) is 3.07. The lowest BCUT2D eigenvalue weighted by Gasteiger charge is -2.21. The lowest BCUT2D eigenvalue weighted by atomic mass is 9.83. The van der Waals surface area contributed by atoms with E-state index >= 15 is 0 Å². The molecule has 0 saturated heterocycles. The summed E-state index contributed by atoms with van der Waals surface area (Å²) in [7, 11) is 0. The zero-order valence-corrected chi connectivity index (χ0v) is 11.2. The summed E-state index contributed by atoms with van der Waals surface area (Å²) in [6.07, 6.45) is 1.79. The molecule has 0 aliphatic carbocycles. The summed E-state index contributed by atoms with van der Waals surface area (Å²) in [5, 5.41) is 0. The van der Waals surface area contributed by atoms with E-state index < -0.39 is 0 Å². The molecule has 0 fully saturated rings. The lowest BCUT2D eigenvalue weighted by molar-refractivity contribution is -0.130. The van der Waals surface area contributed by atoms with Gasteiger partial charge in [0, 0.05) is 6.92 Å². The first-order chi connectivity index (χ1) is 8.38. The van der Waals surface area contributed by atoms with Crippen molar-refractivity contribution >= 4 is 17.9 Å². The van der Waals surface area contributed by atoms with Crippen molar-refractivity contribution in [2.45, 2.75) is 33.1 Å². The third kappa shape index (κ3) is 2.50. The Balaban J connectivity index is 2.48. The van der Waals surface area contributed by atoms with Crippen molar-refractivity contribution in [2.24, 2.45) is 4.99 Å². The van der Waals surface area contributed by atoms with Crippen molar-refractivity contribution in [3.8, 4) is 0 Å². The van der Waals surface area contributed by atoms with Gasteiger partial charge >= 0.3 is 5.97 Å². The Labute approximate surface area is 107 Å². The van der Waals surface area contributed by atoms with Crippen LogP contribution in [0.1, 0.15) is 38.8 Å². The third-order valence-electron chi connectivity index (χ3n) is 2.79. The number of esters is 1. The number of carbonyl (C=O) groups excluding carboxylic acids is 1. The van der Waals surface area contributed by atoms with Crippen molar-refractivity contribution in [3.05, 3.63) is 41.1 Å². The molecule has 18 heavy (non-hydrogen) atoms. The summed E-state index contributed by atoms with van der Waals surface area (Å²) in [6, 6.07) is 8.02. The second-order valence-corrected chi connectivity index (χ2v) is 5.39. The topological polar surface area (TPSA) is 38.7 Å². The molecule has 0 spiro atoms. The van der Waals surface area contributed by atoms with Gasteiger partial charge in [0.15, 0.2) is 11.6 Å². The van der Waals surface area contributed by atoms with E-state index in [1.165, 1.54) is 5.56 Å². The van der Waals surface area contributed by atoms with Gasteiger partial charge < -0.3 is 4.74 Å². The molecule has 1 aliphatic heterocycles. The Morgan fingerprint density at radius 2 is 1.89 bits per heavy atom. The van der Waals surface area contributed by atoms with Gasteiger partial charge in [-0.15, -0.1) is 0 Å². The highest BCUT2D eigenvalue weighted by atomic mass is 16.6. The predicted molar refractivity (Wildman–Crippen MR) is 72.3 cm³/mol. The standard InChI is InChI=1S/C15H17NO2/c1-10-16-13(14(17)18-10)9-11-7-5-6-8-12(11)15(2,3)4/h5-9H,1-4H3. The minimum absolute atomic E-state index is 0.0227. The average molecular weight is 243 g/mol. The summed E-state index contributed by atoms with van der Waals surface area (Å²) < 4.78 is 4.91. The summed E-state index contributed by atoms with van der Waals surface area (Å²) in [4.78, 5) is 15.6. The van der Waals surface area contributed by atoms with Crippen LogP contribution in [0.15, 0.2) is 35.0 Å². The molecule has 0 bridgehead atoms. The van der Waals surface area contributed by atoms with Crippen LogP contribution in [0.4, 0.5) is 0 Å². The van der Waals surface area contributed by atoms with E-state index in [9.17, 15) is 4.79 Å². The van der Waals surface area contributed by atoms with Gasteiger partial charge in [-0.25, -0.2) is 9.79 Å². The molecular formula is C15H17NO2. The predicted octanol–water partition coefficient (Wildman–Crippen LogP) is 3.30. The Hall–Kier alpha value is -1.90. The second-order valence-electron chi connectivity index (χ2n) is 5.39. The van der Waals surface area contributed by atoms with Crippen LogP contribution in [0, 0.1) is 0 Å². The molecule has 1 aliphatic rings. The maximum atomic E-state index is 11.5. The van der Waals surface area contributed by atoms with Crippen molar-refractivity contribution in [1.82, 2.24) is 0 Å². The molecule has 0 unspecified atom stereocenters. The summed E-state index contributed by atoms with van der Waals surface area (Å²) in [5.74, 6) is 0.0238. The van der Waals surface area contributed by atoms with Crippen LogP contribution in [-0.4, -0.2) is 11.9 Å². The molecule has 0 aromatic heterocycles. The SMILES string of the molecule is CC1=NC(=Cc2ccccc2C(C)(C)C)C(=O)O1. The summed E-state index contributed by atoms with van der Waals surface area (Å²) in [6.45, 7) is 8.11. The van der Waals surface area contributed by atoms with Gasteiger partial charge in [0.25, 0.3) is 0 Å². The molecular weight excluding hydrogens is 226 g/mol. The van der Waals surface area contributed by atoms with Crippen molar-refractivity contribution in [3.63, 3.8) is 0 Å². The van der Waals surface area contributed by atoms with E-state index in [1.807, 2.05) is 18.2 Å². The fraction of sp³-hybridized carbons (Fsp3) is 0.333. The molecule has 2 rings (SSSR count). The quantitative estimate of drug-likeness (QED) is 0.560. The number of aliphatic imine (C=N–C) groups is 1. The number of hydrogen-bond donors (Lipinski definition) is 0. The van der Waals surface area contributed by atoms with Crippen LogP contribution < -0.4 is 0 Å². The number of cyclic esters (lactones) is 1. The Bertz CT molecular complexity index is 548.